The molecule has 0 bridgehead atoms. The molecule has 4 heterocycles. The summed E-state index contributed by atoms with van der Waals surface area (Å²) >= 11 is 1.90. The molecular weight excluding hydrogens is 567 g/mol. The maximum absolute atomic E-state index is 12.7. The Kier molecular flexibility index (Phi) is 12.2. The molecule has 1 saturated heterocycles. The molecule has 2 N–H and O–H groups in total. The summed E-state index contributed by atoms with van der Waals surface area (Å²) in [5.41, 5.74) is 3.95. The van der Waals surface area contributed by atoms with Crippen LogP contribution in [0.2, 0.25) is 0 Å². The second kappa shape index (κ2) is 16.7. The van der Waals surface area contributed by atoms with Gasteiger partial charge in [-0.05, 0) is 92.8 Å². The van der Waals surface area contributed by atoms with Crippen LogP contribution in [0.4, 0.5) is 0 Å². The van der Waals surface area contributed by atoms with Gasteiger partial charge in [-0.2, -0.15) is 0 Å². The summed E-state index contributed by atoms with van der Waals surface area (Å²) in [7, 11) is 0. The number of nitrogens with one attached hydrogen (secondary N) is 2. The number of aromatic nitrogens is 4. The van der Waals surface area contributed by atoms with Crippen molar-refractivity contribution in [1.82, 2.24) is 34.6 Å². The zero-order chi connectivity index (χ0) is 30.6. The van der Waals surface area contributed by atoms with Crippen molar-refractivity contribution in [3.05, 3.63) is 93.7 Å². The number of thiophene rings is 1. The summed E-state index contributed by atoms with van der Waals surface area (Å²) in [6.07, 6.45) is 15.1. The Hall–Kier alpha value is -3.27. The molecule has 0 spiro atoms. The predicted octanol–water partition coefficient (Wildman–Crippen LogP) is 6.22. The number of aryl methyl sites for hydroxylation is 1. The minimum absolute atomic E-state index is 0.0885. The quantitative estimate of drug-likeness (QED) is 0.198. The molecule has 0 saturated carbocycles. The molecule has 1 aliphatic rings. The summed E-state index contributed by atoms with van der Waals surface area (Å²) in [6.45, 7) is 12.0. The van der Waals surface area contributed by atoms with E-state index >= 15 is 0 Å². The number of H-pyrrole nitrogens is 2. The Balaban J connectivity index is 1.13. The first-order chi connectivity index (χ1) is 21.5. The third kappa shape index (κ3) is 10.1. The molecule has 1 aromatic carbocycles. The number of imidazole rings is 2. The van der Waals surface area contributed by atoms with Crippen molar-refractivity contribution in [3.8, 4) is 0 Å². The van der Waals surface area contributed by atoms with E-state index in [2.05, 4.69) is 72.4 Å². The summed E-state index contributed by atoms with van der Waals surface area (Å²) in [4.78, 5) is 36.8. The zero-order valence-corrected chi connectivity index (χ0v) is 27.3. The Morgan fingerprint density at radius 2 is 1.41 bits per heavy atom. The molecule has 0 radical (unpaired) electrons. The van der Waals surface area contributed by atoms with Gasteiger partial charge in [-0.1, -0.05) is 30.7 Å². The van der Waals surface area contributed by atoms with Crippen molar-refractivity contribution in [3.63, 3.8) is 0 Å². The van der Waals surface area contributed by atoms with Gasteiger partial charge < -0.3 is 14.9 Å². The predicted molar refractivity (Wildman–Crippen MR) is 178 cm³/mol. The maximum atomic E-state index is 12.7. The van der Waals surface area contributed by atoms with Crippen LogP contribution in [0.3, 0.4) is 0 Å². The van der Waals surface area contributed by atoms with Crippen LogP contribution < -0.4 is 0 Å². The second-order valence-electron chi connectivity index (χ2n) is 12.4. The molecule has 0 aliphatic carbocycles. The number of aromatic amines is 2. The molecule has 1 amide bonds. The van der Waals surface area contributed by atoms with Crippen molar-refractivity contribution < 1.29 is 4.79 Å². The molecule has 1 aliphatic heterocycles. The number of rotatable bonds is 12. The van der Waals surface area contributed by atoms with Gasteiger partial charge in [0.25, 0.3) is 0 Å². The summed E-state index contributed by atoms with van der Waals surface area (Å²) < 4.78 is 0. The van der Waals surface area contributed by atoms with E-state index in [4.69, 9.17) is 0 Å². The van der Waals surface area contributed by atoms with Crippen LogP contribution in [0.25, 0.3) is 0 Å². The van der Waals surface area contributed by atoms with E-state index in [0.29, 0.717) is 13.1 Å². The standard InChI is InChI=1S/C35H49N7OS/c1-28-12-21-44-33(28)27-41-18-5-3-4-17-40(19-6-7-20-41)24-30-8-10-31(11-9-30)25-42(29(2)43)26-32(22-34-36-13-14-37-34)23-35-38-15-16-39-35/h8-16,21,32H,3-7,17-20,22-27H2,1-2H3,(H,36,37)(H,38,39). The number of amides is 1. The van der Waals surface area contributed by atoms with Crippen LogP contribution in [0.1, 0.15) is 72.2 Å². The molecule has 4 aromatic rings. The molecule has 1 fully saturated rings. The molecule has 236 valence electrons. The Bertz CT molecular complexity index is 1330. The van der Waals surface area contributed by atoms with Gasteiger partial charge in [0, 0.05) is 75.6 Å². The summed E-state index contributed by atoms with van der Waals surface area (Å²) in [5.74, 6) is 2.16. The van der Waals surface area contributed by atoms with Gasteiger partial charge in [0.05, 0.1) is 0 Å². The molecular formula is C35H49N7OS. The lowest BCUT2D eigenvalue weighted by molar-refractivity contribution is -0.130. The summed E-state index contributed by atoms with van der Waals surface area (Å²) in [6, 6.07) is 11.2. The van der Waals surface area contributed by atoms with Gasteiger partial charge >= 0.3 is 0 Å². The van der Waals surface area contributed by atoms with Crippen LogP contribution >= 0.6 is 11.3 Å². The van der Waals surface area contributed by atoms with Gasteiger partial charge in [-0.3, -0.25) is 14.6 Å². The van der Waals surface area contributed by atoms with Crippen LogP contribution in [-0.4, -0.2) is 73.3 Å². The third-order valence-corrected chi connectivity index (χ3v) is 9.79. The van der Waals surface area contributed by atoms with Crippen LogP contribution in [0.15, 0.2) is 60.5 Å². The zero-order valence-electron chi connectivity index (χ0n) is 26.5. The van der Waals surface area contributed by atoms with Gasteiger partial charge in [0.1, 0.15) is 11.6 Å². The van der Waals surface area contributed by atoms with E-state index in [-0.39, 0.29) is 11.8 Å². The first-order valence-electron chi connectivity index (χ1n) is 16.3. The first kappa shape index (κ1) is 32.1. The second-order valence-corrected chi connectivity index (χ2v) is 13.4. The summed E-state index contributed by atoms with van der Waals surface area (Å²) in [5, 5.41) is 2.23. The van der Waals surface area contributed by atoms with Crippen molar-refractivity contribution >= 4 is 17.2 Å². The highest BCUT2D eigenvalue weighted by atomic mass is 32.1. The van der Waals surface area contributed by atoms with Gasteiger partial charge in [-0.15, -0.1) is 11.3 Å². The number of carbonyl (C=O) groups is 1. The lowest BCUT2D eigenvalue weighted by atomic mass is 9.99. The van der Waals surface area contributed by atoms with E-state index in [1.807, 2.05) is 28.6 Å². The van der Waals surface area contributed by atoms with E-state index in [1.165, 1.54) is 61.2 Å². The number of nitrogens with zero attached hydrogens (tertiary/aromatic N) is 5. The Morgan fingerprint density at radius 1 is 0.841 bits per heavy atom. The fraction of sp³-hybridized carbons (Fsp3) is 0.514. The third-order valence-electron chi connectivity index (χ3n) is 8.78. The minimum atomic E-state index is 0.0885. The van der Waals surface area contributed by atoms with Gasteiger partial charge in [0.2, 0.25) is 5.91 Å². The van der Waals surface area contributed by atoms with Gasteiger partial charge in [0.15, 0.2) is 0 Å². The monoisotopic (exact) mass is 615 g/mol. The van der Waals surface area contributed by atoms with E-state index in [1.54, 1.807) is 19.3 Å². The van der Waals surface area contributed by atoms with E-state index in [9.17, 15) is 4.79 Å². The lowest BCUT2D eigenvalue weighted by Crippen LogP contribution is -2.35. The first-order valence-corrected chi connectivity index (χ1v) is 17.2. The number of hydrogen-bond donors (Lipinski definition) is 2. The van der Waals surface area contributed by atoms with Crippen molar-refractivity contribution in [2.24, 2.45) is 5.92 Å². The average molecular weight is 616 g/mol. The Labute approximate surface area is 266 Å². The topological polar surface area (TPSA) is 84.2 Å². The number of benzene rings is 1. The smallest absolute Gasteiger partial charge is 0.219 e. The highest BCUT2D eigenvalue weighted by Gasteiger charge is 2.20. The van der Waals surface area contributed by atoms with Crippen LogP contribution in [0, 0.1) is 12.8 Å². The average Bonchev–Trinajstić information content (AvgIpc) is 3.79. The number of carbonyl (C=O) groups excluding carboxylic acids is 1. The normalized spacial score (nSPS) is 15.8. The highest BCUT2D eigenvalue weighted by molar-refractivity contribution is 7.10. The highest BCUT2D eigenvalue weighted by Crippen LogP contribution is 2.20. The molecule has 0 unspecified atom stereocenters. The molecule has 5 rings (SSSR count). The van der Waals surface area contributed by atoms with Crippen molar-refractivity contribution in [2.75, 3.05) is 32.7 Å². The molecule has 3 aromatic heterocycles. The molecule has 9 heteroatoms. The maximum Gasteiger partial charge on any atom is 0.219 e. The SMILES string of the molecule is CC(=O)N(Cc1ccc(CN2CCCCCN(Cc3sccc3C)CCCC2)cc1)CC(Cc1ncc[nH]1)Cc1ncc[nH]1. The minimum Gasteiger partial charge on any atom is -0.349 e. The van der Waals surface area contributed by atoms with E-state index in [0.717, 1.165) is 56.2 Å². The molecule has 8 nitrogen and oxygen atoms in total. The molecule has 0 atom stereocenters. The Morgan fingerprint density at radius 3 is 1.93 bits per heavy atom. The number of hydrogen-bond acceptors (Lipinski definition) is 6. The fourth-order valence-electron chi connectivity index (χ4n) is 6.24. The largest absolute Gasteiger partial charge is 0.349 e. The van der Waals surface area contributed by atoms with Crippen molar-refractivity contribution in [2.45, 2.75) is 78.4 Å². The van der Waals surface area contributed by atoms with Crippen molar-refractivity contribution in [1.29, 1.82) is 0 Å². The van der Waals surface area contributed by atoms with E-state index < -0.39 is 0 Å². The molecule has 44 heavy (non-hydrogen) atoms. The van der Waals surface area contributed by atoms with Crippen LogP contribution in [-0.2, 0) is 37.3 Å². The van der Waals surface area contributed by atoms with Crippen LogP contribution in [0.5, 0.6) is 0 Å². The lowest BCUT2D eigenvalue weighted by Gasteiger charge is -2.27. The fourth-order valence-corrected chi connectivity index (χ4v) is 7.19. The van der Waals surface area contributed by atoms with Gasteiger partial charge in [-0.25, -0.2) is 9.97 Å².